The molecule has 1 aliphatic rings. The maximum absolute atomic E-state index is 12.3. The van der Waals surface area contributed by atoms with E-state index >= 15 is 0 Å². The molecule has 3 aromatic rings. The summed E-state index contributed by atoms with van der Waals surface area (Å²) in [6.45, 7) is 0.582. The van der Waals surface area contributed by atoms with Gasteiger partial charge in [0.2, 0.25) is 6.79 Å². The molecule has 0 radical (unpaired) electrons. The maximum Gasteiger partial charge on any atom is 0.292 e. The molecule has 1 aliphatic heterocycles. The number of hydrogen-bond acceptors (Lipinski definition) is 8. The summed E-state index contributed by atoms with van der Waals surface area (Å²) < 4.78 is 26.3. The van der Waals surface area contributed by atoms with Crippen molar-refractivity contribution in [2.45, 2.75) is 6.42 Å². The van der Waals surface area contributed by atoms with Crippen LogP contribution in [0.4, 0.5) is 0 Å². The smallest absolute Gasteiger partial charge is 0.292 e. The highest BCUT2D eigenvalue weighted by atomic mass is 16.7. The molecule has 0 spiro atoms. The quantitative estimate of drug-likeness (QED) is 0.648. The molecular formula is C20H19N3O6. The number of rotatable bonds is 7. The molecule has 9 heteroatoms. The van der Waals surface area contributed by atoms with Crippen molar-refractivity contribution in [3.8, 4) is 34.5 Å². The molecule has 0 atom stereocenters. The lowest BCUT2D eigenvalue weighted by atomic mass is 10.1. The Bertz CT molecular complexity index is 1030. The first kappa shape index (κ1) is 18.6. The average Bonchev–Trinajstić information content (AvgIpc) is 3.42. The fourth-order valence-electron chi connectivity index (χ4n) is 2.90. The molecule has 0 bridgehead atoms. The number of methoxy groups -OCH3 is 2. The minimum absolute atomic E-state index is 0.0371. The Labute approximate surface area is 166 Å². The van der Waals surface area contributed by atoms with Gasteiger partial charge in [-0.15, -0.1) is 0 Å². The SMILES string of the molecule is COc1ccc(CCNC(=O)c2noc(-c3ccc4c(c3)OCO4)n2)cc1OC. The predicted molar refractivity (Wildman–Crippen MR) is 101 cm³/mol. The van der Waals surface area contributed by atoms with E-state index < -0.39 is 5.91 Å². The van der Waals surface area contributed by atoms with E-state index in [9.17, 15) is 4.79 Å². The largest absolute Gasteiger partial charge is 0.493 e. The van der Waals surface area contributed by atoms with Crippen LogP contribution < -0.4 is 24.3 Å². The van der Waals surface area contributed by atoms with Crippen LogP contribution in [-0.2, 0) is 6.42 Å². The van der Waals surface area contributed by atoms with Crippen LogP contribution in [0, 0.1) is 0 Å². The van der Waals surface area contributed by atoms with Gasteiger partial charge in [0.05, 0.1) is 14.2 Å². The number of hydrogen-bond donors (Lipinski definition) is 1. The van der Waals surface area contributed by atoms with Crippen LogP contribution in [0.3, 0.4) is 0 Å². The first-order chi connectivity index (χ1) is 14.2. The second-order valence-electron chi connectivity index (χ2n) is 6.19. The number of nitrogens with zero attached hydrogens (tertiary/aromatic N) is 2. The molecular weight excluding hydrogens is 378 g/mol. The summed E-state index contributed by atoms with van der Waals surface area (Å²) in [5, 5.41) is 6.53. The van der Waals surface area contributed by atoms with Gasteiger partial charge in [0, 0.05) is 12.1 Å². The second-order valence-corrected chi connectivity index (χ2v) is 6.19. The fraction of sp³-hybridized carbons (Fsp3) is 0.250. The van der Waals surface area contributed by atoms with Crippen LogP contribution in [0.25, 0.3) is 11.5 Å². The lowest BCUT2D eigenvalue weighted by molar-refractivity contribution is 0.0941. The normalized spacial score (nSPS) is 11.9. The number of fused-ring (bicyclic) bond motifs is 1. The zero-order valence-corrected chi connectivity index (χ0v) is 15.9. The third kappa shape index (κ3) is 3.93. The average molecular weight is 397 g/mol. The molecule has 0 aliphatic carbocycles. The van der Waals surface area contributed by atoms with Crippen molar-refractivity contribution >= 4 is 5.91 Å². The van der Waals surface area contributed by atoms with Gasteiger partial charge in [0.25, 0.3) is 17.6 Å². The Morgan fingerprint density at radius 1 is 1.07 bits per heavy atom. The van der Waals surface area contributed by atoms with Gasteiger partial charge in [-0.25, -0.2) is 0 Å². The van der Waals surface area contributed by atoms with Crippen LogP contribution in [0.1, 0.15) is 16.2 Å². The molecule has 0 saturated carbocycles. The van der Waals surface area contributed by atoms with Crippen molar-refractivity contribution in [1.29, 1.82) is 0 Å². The van der Waals surface area contributed by atoms with Crippen molar-refractivity contribution in [3.05, 3.63) is 47.8 Å². The van der Waals surface area contributed by atoms with Gasteiger partial charge in [-0.3, -0.25) is 4.79 Å². The van der Waals surface area contributed by atoms with E-state index in [2.05, 4.69) is 15.5 Å². The number of amides is 1. The second kappa shape index (κ2) is 8.09. The molecule has 4 rings (SSSR count). The number of benzene rings is 2. The van der Waals surface area contributed by atoms with Crippen molar-refractivity contribution < 1.29 is 28.3 Å². The van der Waals surface area contributed by atoms with E-state index in [1.54, 1.807) is 32.4 Å². The third-order valence-corrected chi connectivity index (χ3v) is 4.40. The van der Waals surface area contributed by atoms with E-state index in [-0.39, 0.29) is 18.5 Å². The van der Waals surface area contributed by atoms with E-state index in [0.717, 1.165) is 5.56 Å². The zero-order chi connectivity index (χ0) is 20.2. The number of aromatic nitrogens is 2. The minimum atomic E-state index is -0.416. The maximum atomic E-state index is 12.3. The summed E-state index contributed by atoms with van der Waals surface area (Å²) in [5.74, 6) is 2.33. The van der Waals surface area contributed by atoms with Gasteiger partial charge >= 0.3 is 0 Å². The van der Waals surface area contributed by atoms with E-state index in [0.29, 0.717) is 41.5 Å². The van der Waals surface area contributed by atoms with E-state index in [4.69, 9.17) is 23.5 Å². The third-order valence-electron chi connectivity index (χ3n) is 4.40. The molecule has 1 amide bonds. The Morgan fingerprint density at radius 3 is 2.72 bits per heavy atom. The van der Waals surface area contributed by atoms with Gasteiger partial charge in [0.15, 0.2) is 23.0 Å². The molecule has 9 nitrogen and oxygen atoms in total. The Kier molecular flexibility index (Phi) is 5.19. The highest BCUT2D eigenvalue weighted by Crippen LogP contribution is 2.35. The Balaban J connectivity index is 1.36. The fourth-order valence-corrected chi connectivity index (χ4v) is 2.90. The molecule has 0 fully saturated rings. The van der Waals surface area contributed by atoms with E-state index in [1.807, 2.05) is 18.2 Å². The number of carbonyl (C=O) groups excluding carboxylic acids is 1. The number of carbonyl (C=O) groups is 1. The zero-order valence-electron chi connectivity index (χ0n) is 15.9. The van der Waals surface area contributed by atoms with Crippen LogP contribution in [0.2, 0.25) is 0 Å². The number of ether oxygens (including phenoxy) is 4. The van der Waals surface area contributed by atoms with Crippen molar-refractivity contribution in [1.82, 2.24) is 15.5 Å². The van der Waals surface area contributed by atoms with Crippen LogP contribution in [0.5, 0.6) is 23.0 Å². The van der Waals surface area contributed by atoms with Gasteiger partial charge in [0.1, 0.15) is 0 Å². The lowest BCUT2D eigenvalue weighted by Crippen LogP contribution is -2.26. The standard InChI is InChI=1S/C20H19N3O6/c1-25-14-5-3-12(9-16(14)26-2)7-8-21-19(24)18-22-20(29-23-18)13-4-6-15-17(10-13)28-11-27-15/h3-6,9-10H,7-8,11H2,1-2H3,(H,21,24). The molecule has 1 N–H and O–H groups in total. The highest BCUT2D eigenvalue weighted by molar-refractivity contribution is 5.90. The molecule has 2 aromatic carbocycles. The van der Waals surface area contributed by atoms with Crippen molar-refractivity contribution in [2.24, 2.45) is 0 Å². The summed E-state index contributed by atoms with van der Waals surface area (Å²) >= 11 is 0. The van der Waals surface area contributed by atoms with Crippen LogP contribution in [0.15, 0.2) is 40.9 Å². The summed E-state index contributed by atoms with van der Waals surface area (Å²) in [5.41, 5.74) is 1.64. The molecule has 29 heavy (non-hydrogen) atoms. The number of nitrogens with one attached hydrogen (secondary N) is 1. The monoisotopic (exact) mass is 397 g/mol. The van der Waals surface area contributed by atoms with E-state index in [1.165, 1.54) is 0 Å². The predicted octanol–water partition coefficient (Wildman–Crippen LogP) is 2.46. The minimum Gasteiger partial charge on any atom is -0.493 e. The highest BCUT2D eigenvalue weighted by Gasteiger charge is 2.19. The van der Waals surface area contributed by atoms with Gasteiger partial charge in [-0.2, -0.15) is 4.98 Å². The summed E-state index contributed by atoms with van der Waals surface area (Å²) in [6, 6.07) is 10.9. The molecule has 1 aromatic heterocycles. The first-order valence-corrected chi connectivity index (χ1v) is 8.91. The summed E-state index contributed by atoms with van der Waals surface area (Å²) in [6.07, 6.45) is 0.610. The van der Waals surface area contributed by atoms with Gasteiger partial charge < -0.3 is 28.8 Å². The summed E-state index contributed by atoms with van der Waals surface area (Å²) in [4.78, 5) is 16.5. The van der Waals surface area contributed by atoms with Gasteiger partial charge in [-0.1, -0.05) is 11.2 Å². The molecule has 0 unspecified atom stereocenters. The molecule has 150 valence electrons. The summed E-state index contributed by atoms with van der Waals surface area (Å²) in [7, 11) is 3.16. The Morgan fingerprint density at radius 2 is 1.90 bits per heavy atom. The first-order valence-electron chi connectivity index (χ1n) is 8.91. The van der Waals surface area contributed by atoms with Crippen LogP contribution >= 0.6 is 0 Å². The van der Waals surface area contributed by atoms with Gasteiger partial charge in [-0.05, 0) is 42.3 Å². The van der Waals surface area contributed by atoms with Crippen molar-refractivity contribution in [3.63, 3.8) is 0 Å². The molecule has 0 saturated heterocycles. The topological polar surface area (TPSA) is 105 Å². The molecule has 2 heterocycles. The van der Waals surface area contributed by atoms with Crippen LogP contribution in [-0.4, -0.2) is 43.6 Å². The lowest BCUT2D eigenvalue weighted by Gasteiger charge is -2.09. The Hall–Kier alpha value is -3.75. The van der Waals surface area contributed by atoms with Crippen molar-refractivity contribution in [2.75, 3.05) is 27.6 Å².